The van der Waals surface area contributed by atoms with Crippen LogP contribution in [-0.4, -0.2) is 24.2 Å². The molecule has 3 rings (SSSR count). The van der Waals surface area contributed by atoms with Crippen LogP contribution in [0.4, 0.5) is 4.39 Å². The van der Waals surface area contributed by atoms with Crippen LogP contribution in [0.3, 0.4) is 0 Å². The SMILES string of the molecule is CC1(CC#N)CCN(Cc2ccc(C3CCCCC3)cc2)CC1F. The predicted molar refractivity (Wildman–Crippen MR) is 95.4 cm³/mol. The van der Waals surface area contributed by atoms with Gasteiger partial charge in [-0.1, -0.05) is 50.5 Å². The molecular formula is C21H29FN2. The maximum absolute atomic E-state index is 14.5. The van der Waals surface area contributed by atoms with Gasteiger partial charge in [0.25, 0.3) is 0 Å². The Kier molecular flexibility index (Phi) is 5.56. The van der Waals surface area contributed by atoms with Gasteiger partial charge in [-0.3, -0.25) is 4.90 Å². The molecule has 24 heavy (non-hydrogen) atoms. The fourth-order valence-electron chi connectivity index (χ4n) is 4.22. The maximum atomic E-state index is 14.5. The van der Waals surface area contributed by atoms with Gasteiger partial charge in [0, 0.05) is 24.9 Å². The largest absolute Gasteiger partial charge is 0.296 e. The zero-order chi connectivity index (χ0) is 17.0. The second kappa shape index (κ2) is 7.66. The van der Waals surface area contributed by atoms with Gasteiger partial charge in [0.05, 0.1) is 6.07 Å². The zero-order valence-corrected chi connectivity index (χ0v) is 14.8. The van der Waals surface area contributed by atoms with Crippen LogP contribution in [0.1, 0.15) is 68.9 Å². The summed E-state index contributed by atoms with van der Waals surface area (Å²) in [5, 5.41) is 8.91. The molecule has 1 aliphatic carbocycles. The number of nitrogens with zero attached hydrogens (tertiary/aromatic N) is 2. The van der Waals surface area contributed by atoms with Crippen LogP contribution in [0, 0.1) is 16.7 Å². The second-order valence-electron chi connectivity index (χ2n) is 8.02. The van der Waals surface area contributed by atoms with Gasteiger partial charge in [-0.2, -0.15) is 5.26 Å². The molecule has 2 aliphatic rings. The van der Waals surface area contributed by atoms with E-state index in [9.17, 15) is 4.39 Å². The number of benzene rings is 1. The Morgan fingerprint density at radius 2 is 1.92 bits per heavy atom. The topological polar surface area (TPSA) is 27.0 Å². The van der Waals surface area contributed by atoms with E-state index in [-0.39, 0.29) is 0 Å². The van der Waals surface area contributed by atoms with E-state index in [1.165, 1.54) is 43.2 Å². The van der Waals surface area contributed by atoms with Crippen molar-refractivity contribution in [3.8, 4) is 6.07 Å². The van der Waals surface area contributed by atoms with Crippen molar-refractivity contribution in [3.05, 3.63) is 35.4 Å². The van der Waals surface area contributed by atoms with Gasteiger partial charge in [0.15, 0.2) is 0 Å². The molecule has 0 bridgehead atoms. The number of alkyl halides is 1. The minimum absolute atomic E-state index is 0.318. The van der Waals surface area contributed by atoms with Crippen LogP contribution >= 0.6 is 0 Å². The van der Waals surface area contributed by atoms with Gasteiger partial charge < -0.3 is 0 Å². The number of piperidine rings is 1. The van der Waals surface area contributed by atoms with Gasteiger partial charge >= 0.3 is 0 Å². The highest BCUT2D eigenvalue weighted by molar-refractivity contribution is 5.25. The molecular weight excluding hydrogens is 299 g/mol. The Morgan fingerprint density at radius 1 is 1.21 bits per heavy atom. The molecule has 1 saturated carbocycles. The van der Waals surface area contributed by atoms with Gasteiger partial charge in [0.2, 0.25) is 0 Å². The second-order valence-corrected chi connectivity index (χ2v) is 8.02. The summed E-state index contributed by atoms with van der Waals surface area (Å²) < 4.78 is 14.5. The van der Waals surface area contributed by atoms with Crippen molar-refractivity contribution >= 4 is 0 Å². The Morgan fingerprint density at radius 3 is 2.54 bits per heavy atom. The van der Waals surface area contributed by atoms with Crippen molar-refractivity contribution in [1.29, 1.82) is 5.26 Å². The van der Waals surface area contributed by atoms with Crippen molar-refractivity contribution in [2.45, 2.75) is 70.5 Å². The van der Waals surface area contributed by atoms with Crippen molar-refractivity contribution in [2.24, 2.45) is 5.41 Å². The highest BCUT2D eigenvalue weighted by atomic mass is 19.1. The summed E-state index contributed by atoms with van der Waals surface area (Å²) >= 11 is 0. The molecule has 2 nitrogen and oxygen atoms in total. The molecule has 0 amide bonds. The number of likely N-dealkylation sites (tertiary alicyclic amines) is 1. The molecule has 1 saturated heterocycles. The minimum Gasteiger partial charge on any atom is -0.296 e. The first kappa shape index (κ1) is 17.4. The monoisotopic (exact) mass is 328 g/mol. The van der Waals surface area contributed by atoms with Crippen LogP contribution in [-0.2, 0) is 6.54 Å². The average Bonchev–Trinajstić information content (AvgIpc) is 2.60. The summed E-state index contributed by atoms with van der Waals surface area (Å²) in [6, 6.07) is 11.2. The van der Waals surface area contributed by atoms with Gasteiger partial charge in [-0.25, -0.2) is 4.39 Å². The molecule has 0 N–H and O–H groups in total. The van der Waals surface area contributed by atoms with Crippen LogP contribution in [0.2, 0.25) is 0 Å². The number of halogens is 1. The highest BCUT2D eigenvalue weighted by Crippen LogP contribution is 2.37. The number of hydrogen-bond donors (Lipinski definition) is 0. The summed E-state index contributed by atoms with van der Waals surface area (Å²) in [4.78, 5) is 2.19. The molecule has 130 valence electrons. The fourth-order valence-corrected chi connectivity index (χ4v) is 4.22. The number of hydrogen-bond acceptors (Lipinski definition) is 2. The summed E-state index contributed by atoms with van der Waals surface area (Å²) in [6.07, 6.45) is 6.93. The van der Waals surface area contributed by atoms with Crippen LogP contribution in [0.5, 0.6) is 0 Å². The quantitative estimate of drug-likeness (QED) is 0.760. The van der Waals surface area contributed by atoms with E-state index >= 15 is 0 Å². The Bertz CT molecular complexity index is 570. The molecule has 1 aromatic carbocycles. The molecule has 0 radical (unpaired) electrons. The molecule has 0 spiro atoms. The van der Waals surface area contributed by atoms with Crippen molar-refractivity contribution in [1.82, 2.24) is 4.90 Å². The van der Waals surface area contributed by atoms with E-state index in [0.29, 0.717) is 13.0 Å². The maximum Gasteiger partial charge on any atom is 0.119 e. The number of rotatable bonds is 4. The number of nitriles is 1. The summed E-state index contributed by atoms with van der Waals surface area (Å²) in [6.45, 7) is 4.05. The van der Waals surface area contributed by atoms with E-state index in [0.717, 1.165) is 25.4 Å². The molecule has 2 unspecified atom stereocenters. The third kappa shape index (κ3) is 3.98. The van der Waals surface area contributed by atoms with E-state index < -0.39 is 11.6 Å². The Balaban J connectivity index is 1.56. The third-order valence-electron chi connectivity index (χ3n) is 6.12. The lowest BCUT2D eigenvalue weighted by molar-refractivity contribution is 0.0186. The molecule has 3 heteroatoms. The molecule has 1 aromatic rings. The van der Waals surface area contributed by atoms with E-state index in [1.54, 1.807) is 0 Å². The standard InChI is InChI=1S/C21H29FN2/c1-21(11-13-23)12-14-24(16-20(21)22)15-17-7-9-19(10-8-17)18-5-3-2-4-6-18/h7-10,18,20H,2-6,11-12,14-16H2,1H3. The molecule has 2 fully saturated rings. The fraction of sp³-hybridized carbons (Fsp3) is 0.667. The summed E-state index contributed by atoms with van der Waals surface area (Å²) in [5.74, 6) is 0.740. The lowest BCUT2D eigenvalue weighted by Crippen LogP contribution is -2.47. The molecule has 0 aromatic heterocycles. The third-order valence-corrected chi connectivity index (χ3v) is 6.12. The van der Waals surface area contributed by atoms with Crippen LogP contribution < -0.4 is 0 Å². The lowest BCUT2D eigenvalue weighted by atomic mass is 9.76. The minimum atomic E-state index is -0.910. The van der Waals surface area contributed by atoms with Gasteiger partial charge in [0.1, 0.15) is 6.17 Å². The predicted octanol–water partition coefficient (Wildman–Crippen LogP) is 5.20. The van der Waals surface area contributed by atoms with Gasteiger partial charge in [-0.05, 0) is 42.9 Å². The van der Waals surface area contributed by atoms with Crippen molar-refractivity contribution < 1.29 is 4.39 Å². The first-order chi connectivity index (χ1) is 11.6. The molecule has 1 heterocycles. The Labute approximate surface area is 145 Å². The van der Waals surface area contributed by atoms with E-state index in [4.69, 9.17) is 5.26 Å². The molecule has 1 aliphatic heterocycles. The zero-order valence-electron chi connectivity index (χ0n) is 14.8. The lowest BCUT2D eigenvalue weighted by Gasteiger charge is -2.41. The van der Waals surface area contributed by atoms with E-state index in [1.807, 2.05) is 6.92 Å². The van der Waals surface area contributed by atoms with Crippen LogP contribution in [0.25, 0.3) is 0 Å². The Hall–Kier alpha value is -1.40. The summed E-state index contributed by atoms with van der Waals surface area (Å²) in [5.41, 5.74) is 2.28. The van der Waals surface area contributed by atoms with Crippen molar-refractivity contribution in [3.63, 3.8) is 0 Å². The average molecular weight is 328 g/mol. The highest BCUT2D eigenvalue weighted by Gasteiger charge is 2.39. The first-order valence-electron chi connectivity index (χ1n) is 9.43. The van der Waals surface area contributed by atoms with Crippen molar-refractivity contribution in [2.75, 3.05) is 13.1 Å². The first-order valence-corrected chi connectivity index (χ1v) is 9.43. The normalized spacial score (nSPS) is 29.3. The summed E-state index contributed by atoms with van der Waals surface area (Å²) in [7, 11) is 0. The van der Waals surface area contributed by atoms with Gasteiger partial charge in [-0.15, -0.1) is 0 Å². The van der Waals surface area contributed by atoms with Crippen LogP contribution in [0.15, 0.2) is 24.3 Å². The smallest absolute Gasteiger partial charge is 0.119 e. The molecule has 2 atom stereocenters. The van der Waals surface area contributed by atoms with E-state index in [2.05, 4.69) is 35.2 Å².